The highest BCUT2D eigenvalue weighted by Crippen LogP contribution is 2.20. The predicted octanol–water partition coefficient (Wildman–Crippen LogP) is 3.03. The molecule has 2 N–H and O–H groups in total. The number of nitrogens with one attached hydrogen (secondary N) is 2. The molecule has 0 radical (unpaired) electrons. The average molecular weight is 598 g/mol. The quantitative estimate of drug-likeness (QED) is 0.190. The Morgan fingerprint density at radius 3 is 2.33 bits per heavy atom. The number of halogens is 2. The van der Waals surface area contributed by atoms with Gasteiger partial charge in [0.25, 0.3) is 0 Å². The van der Waals surface area contributed by atoms with Gasteiger partial charge in [0.15, 0.2) is 6.04 Å². The minimum absolute atomic E-state index is 0.0596. The first-order chi connectivity index (χ1) is 19.9. The summed E-state index contributed by atoms with van der Waals surface area (Å²) in [6, 6.07) is -1.07. The van der Waals surface area contributed by atoms with E-state index in [2.05, 4.69) is 24.5 Å². The molecule has 5 atom stereocenters. The molecule has 11 nitrogen and oxygen atoms in total. The van der Waals surface area contributed by atoms with Crippen molar-refractivity contribution in [3.63, 3.8) is 0 Å². The van der Waals surface area contributed by atoms with Gasteiger partial charge in [-0.15, -0.1) is 0 Å². The number of hydrogen-bond donors (Lipinski definition) is 2. The molecule has 1 saturated heterocycles. The third-order valence-corrected chi connectivity index (χ3v) is 7.20. The van der Waals surface area contributed by atoms with Crippen molar-refractivity contribution in [2.45, 2.75) is 90.4 Å². The summed E-state index contributed by atoms with van der Waals surface area (Å²) in [5.74, 6) is -4.21. The van der Waals surface area contributed by atoms with Crippen molar-refractivity contribution >= 4 is 29.8 Å². The summed E-state index contributed by atoms with van der Waals surface area (Å²) < 4.78 is 43.1. The van der Waals surface area contributed by atoms with E-state index < -0.39 is 59.8 Å². The lowest BCUT2D eigenvalue weighted by atomic mass is 10.0. The zero-order valence-electron chi connectivity index (χ0n) is 24.7. The minimum atomic E-state index is -1.50. The number of nitrogens with zero attached hydrogens (tertiary/aromatic N) is 1. The van der Waals surface area contributed by atoms with Gasteiger partial charge in [-0.3, -0.25) is 9.59 Å². The number of alkyl carbamates (subject to hydrolysis) is 1. The average Bonchev–Trinajstić information content (AvgIpc) is 3.43. The fraction of sp³-hybridized carbons (Fsp3) is 0.621. The molecule has 1 aliphatic heterocycles. The Bertz CT molecular complexity index is 1100. The number of esters is 2. The van der Waals surface area contributed by atoms with Crippen molar-refractivity contribution in [1.29, 1.82) is 0 Å². The van der Waals surface area contributed by atoms with E-state index in [0.29, 0.717) is 37.8 Å². The number of methoxy groups -OCH3 is 1. The van der Waals surface area contributed by atoms with E-state index in [9.17, 15) is 32.8 Å². The number of benzene rings is 1. The summed E-state index contributed by atoms with van der Waals surface area (Å²) in [6.45, 7) is 7.30. The van der Waals surface area contributed by atoms with E-state index >= 15 is 0 Å². The van der Waals surface area contributed by atoms with Crippen LogP contribution in [0.2, 0.25) is 0 Å². The van der Waals surface area contributed by atoms with E-state index in [1.165, 1.54) is 18.7 Å². The lowest BCUT2D eigenvalue weighted by Crippen LogP contribution is -2.56. The number of carbonyl (C=O) groups is 5. The SMILES string of the molecule is CCC(C)CCCOC(=O)N[C@@H](Cc1cc(F)cc(F)c1)C(=O)N[C@H](C(=O)OC)[C@H](C)OC(=O)C1CCCN1C(C)=O. The number of hydrogen-bond acceptors (Lipinski definition) is 8. The normalized spacial score (nSPS) is 17.4. The van der Waals surface area contributed by atoms with Crippen molar-refractivity contribution in [2.24, 2.45) is 5.92 Å². The van der Waals surface area contributed by atoms with Crippen LogP contribution in [-0.2, 0) is 39.8 Å². The molecular weight excluding hydrogens is 556 g/mol. The Kier molecular flexibility index (Phi) is 13.6. The van der Waals surface area contributed by atoms with Gasteiger partial charge in [0, 0.05) is 26.0 Å². The lowest BCUT2D eigenvalue weighted by molar-refractivity contribution is -0.163. The van der Waals surface area contributed by atoms with Gasteiger partial charge in [-0.25, -0.2) is 23.2 Å². The molecule has 1 aromatic carbocycles. The first-order valence-electron chi connectivity index (χ1n) is 14.1. The minimum Gasteiger partial charge on any atom is -0.467 e. The zero-order valence-corrected chi connectivity index (χ0v) is 24.7. The molecule has 0 aliphatic carbocycles. The Morgan fingerprint density at radius 2 is 1.74 bits per heavy atom. The van der Waals surface area contributed by atoms with Crippen molar-refractivity contribution < 1.29 is 47.0 Å². The Morgan fingerprint density at radius 1 is 1.07 bits per heavy atom. The molecule has 1 aliphatic rings. The van der Waals surface area contributed by atoms with Crippen molar-refractivity contribution in [1.82, 2.24) is 15.5 Å². The van der Waals surface area contributed by atoms with Gasteiger partial charge in [-0.1, -0.05) is 20.3 Å². The van der Waals surface area contributed by atoms with Crippen LogP contribution >= 0.6 is 0 Å². The highest BCUT2D eigenvalue weighted by Gasteiger charge is 2.38. The second-order valence-corrected chi connectivity index (χ2v) is 10.5. The molecule has 1 aromatic rings. The van der Waals surface area contributed by atoms with Crippen LogP contribution in [0.5, 0.6) is 0 Å². The molecular formula is C29H41F2N3O8. The van der Waals surface area contributed by atoms with Crippen LogP contribution in [0, 0.1) is 17.6 Å². The highest BCUT2D eigenvalue weighted by atomic mass is 19.1. The van der Waals surface area contributed by atoms with E-state index in [-0.39, 0.29) is 24.5 Å². The van der Waals surface area contributed by atoms with Gasteiger partial charge < -0.3 is 29.7 Å². The molecule has 1 fully saturated rings. The summed E-state index contributed by atoms with van der Waals surface area (Å²) in [7, 11) is 1.08. The molecule has 0 aromatic heterocycles. The van der Waals surface area contributed by atoms with Crippen LogP contribution in [0.15, 0.2) is 18.2 Å². The highest BCUT2D eigenvalue weighted by molar-refractivity contribution is 5.90. The van der Waals surface area contributed by atoms with Gasteiger partial charge >= 0.3 is 18.0 Å². The monoisotopic (exact) mass is 597 g/mol. The van der Waals surface area contributed by atoms with Crippen molar-refractivity contribution in [3.05, 3.63) is 35.4 Å². The van der Waals surface area contributed by atoms with Gasteiger partial charge in [0.1, 0.15) is 29.8 Å². The van der Waals surface area contributed by atoms with E-state index in [0.717, 1.165) is 32.1 Å². The van der Waals surface area contributed by atoms with Gasteiger partial charge in [0.05, 0.1) is 13.7 Å². The molecule has 0 saturated carbocycles. The van der Waals surface area contributed by atoms with Crippen LogP contribution in [-0.4, -0.2) is 79.2 Å². The van der Waals surface area contributed by atoms with Crippen LogP contribution in [0.4, 0.5) is 13.6 Å². The number of rotatable bonds is 14. The fourth-order valence-electron chi connectivity index (χ4n) is 4.63. The first-order valence-corrected chi connectivity index (χ1v) is 14.1. The smallest absolute Gasteiger partial charge is 0.407 e. The predicted molar refractivity (Wildman–Crippen MR) is 147 cm³/mol. The molecule has 2 rings (SSSR count). The first kappa shape index (κ1) is 34.4. The molecule has 0 spiro atoms. The molecule has 234 valence electrons. The molecule has 1 heterocycles. The fourth-order valence-corrected chi connectivity index (χ4v) is 4.63. The van der Waals surface area contributed by atoms with Gasteiger partial charge in [-0.05, 0) is 56.2 Å². The third kappa shape index (κ3) is 10.6. The van der Waals surface area contributed by atoms with Gasteiger partial charge in [0.2, 0.25) is 11.8 Å². The Balaban J connectivity index is 2.18. The summed E-state index contributed by atoms with van der Waals surface area (Å²) >= 11 is 0. The zero-order chi connectivity index (χ0) is 31.4. The Labute approximate surface area is 244 Å². The molecule has 13 heteroatoms. The summed E-state index contributed by atoms with van der Waals surface area (Å²) in [5, 5.41) is 4.80. The van der Waals surface area contributed by atoms with Crippen LogP contribution in [0.3, 0.4) is 0 Å². The maximum atomic E-state index is 13.8. The molecule has 2 unspecified atom stereocenters. The van der Waals surface area contributed by atoms with Crippen LogP contribution in [0.1, 0.15) is 65.4 Å². The molecule has 3 amide bonds. The molecule has 42 heavy (non-hydrogen) atoms. The van der Waals surface area contributed by atoms with E-state index in [1.54, 1.807) is 0 Å². The third-order valence-electron chi connectivity index (χ3n) is 7.20. The van der Waals surface area contributed by atoms with Crippen LogP contribution < -0.4 is 10.6 Å². The summed E-state index contributed by atoms with van der Waals surface area (Å²) in [5.41, 5.74) is 0.0596. The van der Waals surface area contributed by atoms with E-state index in [4.69, 9.17) is 14.2 Å². The van der Waals surface area contributed by atoms with Gasteiger partial charge in [-0.2, -0.15) is 0 Å². The standard InChI is InChI=1S/C29H41F2N3O8/c1-6-17(2)9-8-12-41-29(39)32-23(15-20-13-21(30)16-22(31)14-20)26(36)33-25(28(38)40-5)18(3)42-27(37)24-10-7-11-34(24)19(4)35/h13-14,16-18,23-25H,6-12,15H2,1-5H3,(H,32,39)(H,33,36)/t17?,18-,23-,24?,25-/m0/s1. The second kappa shape index (κ2) is 16.6. The number of amides is 3. The van der Waals surface area contributed by atoms with Crippen molar-refractivity contribution in [3.8, 4) is 0 Å². The maximum Gasteiger partial charge on any atom is 0.407 e. The maximum absolute atomic E-state index is 13.8. The number of likely N-dealkylation sites (tertiary alicyclic amines) is 1. The lowest BCUT2D eigenvalue weighted by Gasteiger charge is -2.28. The molecule has 0 bridgehead atoms. The van der Waals surface area contributed by atoms with Crippen molar-refractivity contribution in [2.75, 3.05) is 20.3 Å². The second-order valence-electron chi connectivity index (χ2n) is 10.5. The Hall–Kier alpha value is -3.77. The van der Waals surface area contributed by atoms with Crippen LogP contribution in [0.25, 0.3) is 0 Å². The number of ether oxygens (including phenoxy) is 3. The number of carbonyl (C=O) groups excluding carboxylic acids is 5. The summed E-state index contributed by atoms with van der Waals surface area (Å²) in [4.78, 5) is 64.5. The largest absolute Gasteiger partial charge is 0.467 e. The summed E-state index contributed by atoms with van der Waals surface area (Å²) in [6.07, 6.45) is 0.883. The van der Waals surface area contributed by atoms with E-state index in [1.807, 2.05) is 0 Å². The topological polar surface area (TPSA) is 140 Å².